The highest BCUT2D eigenvalue weighted by Crippen LogP contribution is 2.22. The fourth-order valence-corrected chi connectivity index (χ4v) is 1.83. The Kier molecular flexibility index (Phi) is 7.15. The maximum atomic E-state index is 11.8. The first kappa shape index (κ1) is 15.3. The van der Waals surface area contributed by atoms with Gasteiger partial charge in [0, 0.05) is 23.1 Å². The van der Waals surface area contributed by atoms with Gasteiger partial charge >= 0.3 is 0 Å². The molecular weight excluding hydrogens is 308 g/mol. The normalized spacial score (nSPS) is 10.9. The molecule has 0 aliphatic heterocycles. The van der Waals surface area contributed by atoms with E-state index >= 15 is 0 Å². The van der Waals surface area contributed by atoms with E-state index in [1.807, 2.05) is 18.2 Å². The van der Waals surface area contributed by atoms with Gasteiger partial charge in [-0.3, -0.25) is 0 Å². The summed E-state index contributed by atoms with van der Waals surface area (Å²) < 4.78 is 34.5. The first-order valence-corrected chi connectivity index (χ1v) is 6.32. The minimum Gasteiger partial charge on any atom is -0.496 e. The summed E-state index contributed by atoms with van der Waals surface area (Å²) in [6, 6.07) is 5.72. The number of alkyl halides is 2. The molecule has 0 saturated heterocycles. The van der Waals surface area contributed by atoms with Gasteiger partial charge in [-0.25, -0.2) is 8.78 Å². The monoisotopic (exact) mass is 323 g/mol. The largest absolute Gasteiger partial charge is 0.496 e. The van der Waals surface area contributed by atoms with Gasteiger partial charge in [-0.2, -0.15) is 0 Å². The number of methoxy groups -OCH3 is 1. The van der Waals surface area contributed by atoms with Crippen LogP contribution >= 0.6 is 15.9 Å². The van der Waals surface area contributed by atoms with Crippen LogP contribution in [-0.4, -0.2) is 33.3 Å². The molecule has 0 aliphatic carbocycles. The molecule has 0 amide bonds. The van der Waals surface area contributed by atoms with Crippen molar-refractivity contribution in [3.05, 3.63) is 28.2 Å². The smallest absolute Gasteiger partial charge is 0.261 e. The van der Waals surface area contributed by atoms with Crippen molar-refractivity contribution in [3.63, 3.8) is 0 Å². The lowest BCUT2D eigenvalue weighted by Gasteiger charge is -2.10. The fourth-order valence-electron chi connectivity index (χ4n) is 1.43. The molecule has 0 aliphatic rings. The molecule has 1 aromatic carbocycles. The Morgan fingerprint density at radius 2 is 2.17 bits per heavy atom. The van der Waals surface area contributed by atoms with Gasteiger partial charge in [0.05, 0.1) is 13.7 Å². The van der Waals surface area contributed by atoms with Crippen molar-refractivity contribution < 1.29 is 18.3 Å². The van der Waals surface area contributed by atoms with Gasteiger partial charge in [0.25, 0.3) is 6.43 Å². The molecule has 1 rings (SSSR count). The highest BCUT2D eigenvalue weighted by atomic mass is 79.9. The molecule has 0 unspecified atom stereocenters. The van der Waals surface area contributed by atoms with Gasteiger partial charge in [-0.15, -0.1) is 0 Å². The zero-order valence-electron chi connectivity index (χ0n) is 10.1. The Morgan fingerprint density at radius 3 is 2.83 bits per heavy atom. The van der Waals surface area contributed by atoms with Crippen LogP contribution in [0.15, 0.2) is 22.7 Å². The molecule has 0 atom stereocenters. The predicted molar refractivity (Wildman–Crippen MR) is 69.2 cm³/mol. The average Bonchev–Trinajstić information content (AvgIpc) is 2.33. The van der Waals surface area contributed by atoms with Crippen molar-refractivity contribution in [1.29, 1.82) is 0 Å². The first-order chi connectivity index (χ1) is 8.63. The summed E-state index contributed by atoms with van der Waals surface area (Å²) in [5, 5.41) is 3.11. The Morgan fingerprint density at radius 1 is 1.39 bits per heavy atom. The molecular formula is C12H16BrF2NO2. The second kappa shape index (κ2) is 8.39. The predicted octanol–water partition coefficient (Wildman–Crippen LogP) is 2.83. The van der Waals surface area contributed by atoms with Gasteiger partial charge < -0.3 is 14.8 Å². The third-order valence-corrected chi connectivity index (χ3v) is 2.72. The van der Waals surface area contributed by atoms with Crippen molar-refractivity contribution in [2.24, 2.45) is 0 Å². The van der Waals surface area contributed by atoms with Crippen LogP contribution in [0.3, 0.4) is 0 Å². The standard InChI is InChI=1S/C12H16BrF2NO2/c1-17-11-3-2-10(13)6-9(11)7-16-4-5-18-8-12(14)15/h2-3,6,12,16H,4-5,7-8H2,1H3. The molecule has 18 heavy (non-hydrogen) atoms. The maximum Gasteiger partial charge on any atom is 0.261 e. The van der Waals surface area contributed by atoms with Crippen LogP contribution in [0.1, 0.15) is 5.56 Å². The van der Waals surface area contributed by atoms with Crippen molar-refractivity contribution in [1.82, 2.24) is 5.32 Å². The van der Waals surface area contributed by atoms with E-state index in [0.29, 0.717) is 13.1 Å². The van der Waals surface area contributed by atoms with Gasteiger partial charge in [0.2, 0.25) is 0 Å². The van der Waals surface area contributed by atoms with E-state index in [-0.39, 0.29) is 6.61 Å². The second-order valence-corrected chi connectivity index (χ2v) is 4.51. The summed E-state index contributed by atoms with van der Waals surface area (Å²) in [6.07, 6.45) is -2.41. The SMILES string of the molecule is COc1ccc(Br)cc1CNCCOCC(F)F. The zero-order valence-corrected chi connectivity index (χ0v) is 11.7. The Bertz CT molecular complexity index is 364. The highest BCUT2D eigenvalue weighted by Gasteiger charge is 2.04. The van der Waals surface area contributed by atoms with Crippen LogP contribution in [-0.2, 0) is 11.3 Å². The van der Waals surface area contributed by atoms with Crippen LogP contribution in [0.25, 0.3) is 0 Å². The Hall–Kier alpha value is -0.720. The van der Waals surface area contributed by atoms with Crippen molar-refractivity contribution in [2.75, 3.05) is 26.9 Å². The number of hydrogen-bond acceptors (Lipinski definition) is 3. The highest BCUT2D eigenvalue weighted by molar-refractivity contribution is 9.10. The number of rotatable bonds is 8. The third kappa shape index (κ3) is 5.75. The molecule has 0 fully saturated rings. The lowest BCUT2D eigenvalue weighted by Crippen LogP contribution is -2.20. The minimum absolute atomic E-state index is 0.265. The van der Waals surface area contributed by atoms with Crippen molar-refractivity contribution in [2.45, 2.75) is 13.0 Å². The van der Waals surface area contributed by atoms with E-state index in [4.69, 9.17) is 9.47 Å². The molecule has 1 aromatic rings. The average molecular weight is 324 g/mol. The van der Waals surface area contributed by atoms with Crippen molar-refractivity contribution in [3.8, 4) is 5.75 Å². The topological polar surface area (TPSA) is 30.5 Å². The summed E-state index contributed by atoms with van der Waals surface area (Å²) >= 11 is 3.38. The van der Waals surface area contributed by atoms with E-state index in [2.05, 4.69) is 21.2 Å². The van der Waals surface area contributed by atoms with E-state index in [1.165, 1.54) is 0 Å². The number of hydrogen-bond donors (Lipinski definition) is 1. The van der Waals surface area contributed by atoms with E-state index in [1.54, 1.807) is 7.11 Å². The number of nitrogens with one attached hydrogen (secondary N) is 1. The molecule has 0 radical (unpaired) electrons. The van der Waals surface area contributed by atoms with E-state index < -0.39 is 13.0 Å². The molecule has 3 nitrogen and oxygen atoms in total. The molecule has 6 heteroatoms. The van der Waals surface area contributed by atoms with Crippen LogP contribution in [0.4, 0.5) is 8.78 Å². The molecule has 1 N–H and O–H groups in total. The Balaban J connectivity index is 2.28. The van der Waals surface area contributed by atoms with Crippen LogP contribution in [0.5, 0.6) is 5.75 Å². The Labute approximate surface area is 114 Å². The second-order valence-electron chi connectivity index (χ2n) is 3.60. The van der Waals surface area contributed by atoms with Crippen LogP contribution < -0.4 is 10.1 Å². The zero-order chi connectivity index (χ0) is 13.4. The number of benzene rings is 1. The summed E-state index contributed by atoms with van der Waals surface area (Å²) in [7, 11) is 1.61. The lowest BCUT2D eigenvalue weighted by molar-refractivity contribution is 0.0187. The first-order valence-electron chi connectivity index (χ1n) is 5.52. The van der Waals surface area contributed by atoms with E-state index in [9.17, 15) is 8.78 Å². The third-order valence-electron chi connectivity index (χ3n) is 2.22. The quantitative estimate of drug-likeness (QED) is 0.746. The number of halogens is 3. The molecule has 0 aromatic heterocycles. The summed E-state index contributed by atoms with van der Waals surface area (Å²) in [5.41, 5.74) is 1.00. The molecule has 0 bridgehead atoms. The summed E-state index contributed by atoms with van der Waals surface area (Å²) in [5.74, 6) is 0.791. The van der Waals surface area contributed by atoms with Gasteiger partial charge in [-0.1, -0.05) is 15.9 Å². The molecule has 0 heterocycles. The van der Waals surface area contributed by atoms with Gasteiger partial charge in [-0.05, 0) is 18.2 Å². The number of ether oxygens (including phenoxy) is 2. The minimum atomic E-state index is -2.41. The fraction of sp³-hybridized carbons (Fsp3) is 0.500. The van der Waals surface area contributed by atoms with Crippen LogP contribution in [0.2, 0.25) is 0 Å². The molecule has 0 saturated carbocycles. The summed E-state index contributed by atoms with van der Waals surface area (Å²) in [4.78, 5) is 0. The lowest BCUT2D eigenvalue weighted by atomic mass is 10.2. The van der Waals surface area contributed by atoms with Gasteiger partial charge in [0.1, 0.15) is 12.4 Å². The summed E-state index contributed by atoms with van der Waals surface area (Å²) in [6.45, 7) is 0.867. The van der Waals surface area contributed by atoms with Crippen LogP contribution in [0, 0.1) is 0 Å². The molecule has 0 spiro atoms. The van der Waals surface area contributed by atoms with E-state index in [0.717, 1.165) is 15.8 Å². The van der Waals surface area contributed by atoms with Gasteiger partial charge in [0.15, 0.2) is 0 Å². The van der Waals surface area contributed by atoms with Crippen molar-refractivity contribution >= 4 is 15.9 Å². The maximum absolute atomic E-state index is 11.8. The molecule has 102 valence electrons.